The SMILES string of the molecule is CC/C=C\C/C=C\C/C=C\C/C=C\C/C=C\C/C=C\C/C=C\CCCC(=O)OCC(COC(=O)CCCCCCCCCCCCCCC)OC(=O)CCC/C=C\C/C=C\C/C=C\C/C=C\C/C=C\CC. The second-order valence-electron chi connectivity index (χ2n) is 18.1. The Morgan fingerprint density at radius 1 is 0.296 bits per heavy atom. The summed E-state index contributed by atoms with van der Waals surface area (Å²) in [6.45, 7) is 6.30. The summed E-state index contributed by atoms with van der Waals surface area (Å²) in [6.07, 6.45) is 82.8. The van der Waals surface area contributed by atoms with Crippen LogP contribution in [0.15, 0.2) is 146 Å². The number of carbonyl (C=O) groups excluding carboxylic acids is 3. The zero-order chi connectivity index (χ0) is 51.4. The van der Waals surface area contributed by atoms with Crippen molar-refractivity contribution in [3.8, 4) is 0 Å². The molecular weight excluding hydrogens is 877 g/mol. The molecule has 0 aliphatic carbocycles. The van der Waals surface area contributed by atoms with E-state index in [0.717, 1.165) is 109 Å². The second kappa shape index (κ2) is 57.9. The van der Waals surface area contributed by atoms with Gasteiger partial charge in [-0.05, 0) is 109 Å². The van der Waals surface area contributed by atoms with Crippen LogP contribution in [0.25, 0.3) is 0 Å². The van der Waals surface area contributed by atoms with Crippen molar-refractivity contribution in [3.63, 3.8) is 0 Å². The average Bonchev–Trinajstić information content (AvgIpc) is 3.37. The summed E-state index contributed by atoms with van der Waals surface area (Å²) >= 11 is 0. The van der Waals surface area contributed by atoms with Crippen LogP contribution in [0.1, 0.15) is 226 Å². The topological polar surface area (TPSA) is 78.9 Å². The molecule has 1 unspecified atom stereocenters. The molecule has 0 N–H and O–H groups in total. The third-order valence-electron chi connectivity index (χ3n) is 11.3. The first kappa shape index (κ1) is 66.3. The van der Waals surface area contributed by atoms with Gasteiger partial charge in [-0.3, -0.25) is 14.4 Å². The number of hydrogen-bond donors (Lipinski definition) is 0. The molecule has 0 saturated carbocycles. The van der Waals surface area contributed by atoms with Crippen molar-refractivity contribution in [1.82, 2.24) is 0 Å². The minimum absolute atomic E-state index is 0.123. The summed E-state index contributed by atoms with van der Waals surface area (Å²) in [7, 11) is 0. The summed E-state index contributed by atoms with van der Waals surface area (Å²) in [5, 5.41) is 0. The Hall–Kier alpha value is -4.71. The van der Waals surface area contributed by atoms with Crippen molar-refractivity contribution in [2.24, 2.45) is 0 Å². The summed E-state index contributed by atoms with van der Waals surface area (Å²) in [4.78, 5) is 38.1. The quantitative estimate of drug-likeness (QED) is 0.0262. The Balaban J connectivity index is 4.57. The number of allylic oxidation sites excluding steroid dienone is 24. The molecule has 0 aromatic carbocycles. The molecule has 6 heteroatoms. The lowest BCUT2D eigenvalue weighted by Gasteiger charge is -2.18. The molecule has 0 saturated heterocycles. The lowest BCUT2D eigenvalue weighted by Crippen LogP contribution is -2.30. The molecule has 1 atom stereocenters. The van der Waals surface area contributed by atoms with E-state index >= 15 is 0 Å². The second-order valence-corrected chi connectivity index (χ2v) is 18.1. The average molecular weight is 980 g/mol. The molecule has 0 spiro atoms. The van der Waals surface area contributed by atoms with Crippen LogP contribution in [0.4, 0.5) is 0 Å². The maximum atomic E-state index is 12.8. The van der Waals surface area contributed by atoms with E-state index in [0.29, 0.717) is 19.3 Å². The van der Waals surface area contributed by atoms with E-state index < -0.39 is 6.10 Å². The Morgan fingerprint density at radius 3 is 0.859 bits per heavy atom. The monoisotopic (exact) mass is 979 g/mol. The lowest BCUT2D eigenvalue weighted by atomic mass is 10.0. The predicted molar refractivity (Wildman–Crippen MR) is 306 cm³/mol. The van der Waals surface area contributed by atoms with Gasteiger partial charge in [-0.1, -0.05) is 244 Å². The molecule has 0 heterocycles. The Labute approximate surface area is 436 Å². The number of esters is 3. The van der Waals surface area contributed by atoms with Crippen molar-refractivity contribution in [3.05, 3.63) is 146 Å². The zero-order valence-corrected chi connectivity index (χ0v) is 45.4. The minimum atomic E-state index is -0.836. The van der Waals surface area contributed by atoms with Crippen molar-refractivity contribution in [1.29, 1.82) is 0 Å². The summed E-state index contributed by atoms with van der Waals surface area (Å²) in [5.74, 6) is -1.05. The standard InChI is InChI=1S/C65H102O6/c1-4-7-10-13-16-19-22-25-27-29-30-31-32-33-34-36-37-40-43-46-49-52-55-58-64(67)70-61-62(60-69-63(66)57-54-51-48-45-42-39-24-21-18-15-12-9-6-3)71-65(68)59-56-53-50-47-44-41-38-35-28-26-23-20-17-14-11-8-5-2/h7-8,10-11,16-17,19-20,25-28,30-31,33-34,37-38,40-41,46-47,49-50,62H,4-6,9,12-15,18,21-24,29,32,35-36,39,42-45,48,51-61H2,1-3H3/b10-7-,11-8-,19-16-,20-17-,27-25-,28-26-,31-30-,34-33-,40-37-,41-38-,49-46-,50-47-. The Morgan fingerprint density at radius 2 is 0.549 bits per heavy atom. The number of carbonyl (C=O) groups is 3. The van der Waals surface area contributed by atoms with Crippen LogP contribution in [0.2, 0.25) is 0 Å². The van der Waals surface area contributed by atoms with Gasteiger partial charge in [0.1, 0.15) is 13.2 Å². The van der Waals surface area contributed by atoms with Gasteiger partial charge < -0.3 is 14.2 Å². The van der Waals surface area contributed by atoms with Gasteiger partial charge in [-0.2, -0.15) is 0 Å². The van der Waals surface area contributed by atoms with Gasteiger partial charge in [0, 0.05) is 19.3 Å². The fourth-order valence-corrected chi connectivity index (χ4v) is 7.17. The third kappa shape index (κ3) is 56.1. The van der Waals surface area contributed by atoms with Gasteiger partial charge >= 0.3 is 17.9 Å². The van der Waals surface area contributed by atoms with Gasteiger partial charge in [0.2, 0.25) is 0 Å². The molecule has 0 rings (SSSR count). The van der Waals surface area contributed by atoms with Crippen LogP contribution in [-0.2, 0) is 28.6 Å². The van der Waals surface area contributed by atoms with E-state index in [4.69, 9.17) is 14.2 Å². The molecule has 0 aliphatic heterocycles. The largest absolute Gasteiger partial charge is 0.462 e. The van der Waals surface area contributed by atoms with Crippen molar-refractivity contribution >= 4 is 17.9 Å². The van der Waals surface area contributed by atoms with Gasteiger partial charge in [-0.25, -0.2) is 0 Å². The van der Waals surface area contributed by atoms with Crippen LogP contribution in [-0.4, -0.2) is 37.2 Å². The summed E-state index contributed by atoms with van der Waals surface area (Å²) < 4.78 is 16.7. The fourth-order valence-electron chi connectivity index (χ4n) is 7.17. The van der Waals surface area contributed by atoms with Crippen LogP contribution < -0.4 is 0 Å². The first-order chi connectivity index (χ1) is 35.0. The van der Waals surface area contributed by atoms with Crippen LogP contribution in [0.5, 0.6) is 0 Å². The van der Waals surface area contributed by atoms with E-state index in [1.165, 1.54) is 64.2 Å². The van der Waals surface area contributed by atoms with Gasteiger partial charge in [0.05, 0.1) is 0 Å². The molecule has 398 valence electrons. The highest BCUT2D eigenvalue weighted by Gasteiger charge is 2.19. The number of ether oxygens (including phenoxy) is 3. The Kier molecular flexibility index (Phi) is 54.0. The molecule has 6 nitrogen and oxygen atoms in total. The molecular formula is C65H102O6. The minimum Gasteiger partial charge on any atom is -0.462 e. The zero-order valence-electron chi connectivity index (χ0n) is 45.4. The Bertz CT molecular complexity index is 1590. The fraction of sp³-hybridized carbons (Fsp3) is 0.585. The van der Waals surface area contributed by atoms with Crippen molar-refractivity contribution < 1.29 is 28.6 Å². The molecule has 0 radical (unpaired) electrons. The molecule has 0 aromatic rings. The highest BCUT2D eigenvalue weighted by Crippen LogP contribution is 2.14. The third-order valence-corrected chi connectivity index (χ3v) is 11.3. The normalized spacial score (nSPS) is 13.2. The van der Waals surface area contributed by atoms with Crippen molar-refractivity contribution in [2.75, 3.05) is 13.2 Å². The van der Waals surface area contributed by atoms with E-state index in [1.807, 2.05) is 0 Å². The number of hydrogen-bond acceptors (Lipinski definition) is 6. The van der Waals surface area contributed by atoms with Crippen LogP contribution in [0.3, 0.4) is 0 Å². The number of rotatable bonds is 49. The highest BCUT2D eigenvalue weighted by atomic mass is 16.6. The maximum Gasteiger partial charge on any atom is 0.306 e. The summed E-state index contributed by atoms with van der Waals surface area (Å²) in [6, 6.07) is 0. The molecule has 0 aromatic heterocycles. The lowest BCUT2D eigenvalue weighted by molar-refractivity contribution is -0.167. The molecule has 0 fully saturated rings. The van der Waals surface area contributed by atoms with E-state index in [1.54, 1.807) is 0 Å². The first-order valence-electron chi connectivity index (χ1n) is 28.3. The molecule has 0 bridgehead atoms. The van der Waals surface area contributed by atoms with Crippen LogP contribution in [0, 0.1) is 0 Å². The molecule has 71 heavy (non-hydrogen) atoms. The van der Waals surface area contributed by atoms with Gasteiger partial charge in [-0.15, -0.1) is 0 Å². The van der Waals surface area contributed by atoms with Gasteiger partial charge in [0.25, 0.3) is 0 Å². The maximum absolute atomic E-state index is 12.8. The molecule has 0 aliphatic rings. The molecule has 0 amide bonds. The van der Waals surface area contributed by atoms with E-state index in [-0.39, 0.29) is 44.0 Å². The smallest absolute Gasteiger partial charge is 0.306 e. The summed E-state index contributed by atoms with van der Waals surface area (Å²) in [5.41, 5.74) is 0. The predicted octanol–water partition coefficient (Wildman–Crippen LogP) is 19.2. The van der Waals surface area contributed by atoms with Gasteiger partial charge in [0.15, 0.2) is 6.10 Å². The number of unbranched alkanes of at least 4 members (excludes halogenated alkanes) is 14. The van der Waals surface area contributed by atoms with Crippen molar-refractivity contribution in [2.45, 2.75) is 232 Å². The van der Waals surface area contributed by atoms with Crippen LogP contribution >= 0.6 is 0 Å². The van der Waals surface area contributed by atoms with E-state index in [9.17, 15) is 14.4 Å². The highest BCUT2D eigenvalue weighted by molar-refractivity contribution is 5.71. The first-order valence-corrected chi connectivity index (χ1v) is 28.3. The van der Waals surface area contributed by atoms with E-state index in [2.05, 4.69) is 167 Å².